The highest BCUT2D eigenvalue weighted by atomic mass is 16.5. The molecule has 0 spiro atoms. The summed E-state index contributed by atoms with van der Waals surface area (Å²) in [5.41, 5.74) is 5.61. The highest BCUT2D eigenvalue weighted by molar-refractivity contribution is 5.29. The lowest BCUT2D eigenvalue weighted by atomic mass is 10.4. The molecule has 0 bridgehead atoms. The van der Waals surface area contributed by atoms with E-state index in [-0.39, 0.29) is 6.04 Å². The molecule has 2 heterocycles. The molecule has 0 radical (unpaired) electrons. The largest absolute Gasteiger partial charge is 0.338 e. The smallest absolute Gasteiger partial charge is 0.266 e. The molecule has 1 aromatic rings. The third kappa shape index (κ3) is 1.65. The molecular weight excluding hydrogens is 168 g/mol. The van der Waals surface area contributed by atoms with Gasteiger partial charge in [-0.3, -0.25) is 0 Å². The molecule has 1 aliphatic rings. The van der Waals surface area contributed by atoms with E-state index in [0.29, 0.717) is 11.8 Å². The normalized spacial score (nSPS) is 19.4. The van der Waals surface area contributed by atoms with E-state index in [2.05, 4.69) is 15.0 Å². The van der Waals surface area contributed by atoms with Crippen molar-refractivity contribution in [2.24, 2.45) is 5.73 Å². The maximum Gasteiger partial charge on any atom is 0.266 e. The van der Waals surface area contributed by atoms with Crippen LogP contribution in [0.15, 0.2) is 4.52 Å². The van der Waals surface area contributed by atoms with Crippen LogP contribution >= 0.6 is 0 Å². The van der Waals surface area contributed by atoms with Crippen LogP contribution < -0.4 is 10.6 Å². The van der Waals surface area contributed by atoms with Gasteiger partial charge >= 0.3 is 0 Å². The van der Waals surface area contributed by atoms with Crippen molar-refractivity contribution in [3.8, 4) is 0 Å². The van der Waals surface area contributed by atoms with Gasteiger partial charge in [-0.25, -0.2) is 0 Å². The van der Waals surface area contributed by atoms with Crippen LogP contribution in [-0.4, -0.2) is 23.2 Å². The number of anilines is 1. The number of aromatic nitrogens is 2. The van der Waals surface area contributed by atoms with Gasteiger partial charge < -0.3 is 15.2 Å². The lowest BCUT2D eigenvalue weighted by molar-refractivity contribution is 0.361. The van der Waals surface area contributed by atoms with Crippen molar-refractivity contribution in [1.82, 2.24) is 10.1 Å². The van der Waals surface area contributed by atoms with Gasteiger partial charge in [-0.05, 0) is 24.9 Å². The Balaban J connectivity index is 2.12. The zero-order chi connectivity index (χ0) is 9.26. The van der Waals surface area contributed by atoms with Crippen molar-refractivity contribution in [1.29, 1.82) is 0 Å². The maximum atomic E-state index is 5.61. The summed E-state index contributed by atoms with van der Waals surface area (Å²) >= 11 is 0. The Labute approximate surface area is 76.9 Å². The molecule has 1 aromatic heterocycles. The molecule has 5 nitrogen and oxygen atoms in total. The average Bonchev–Trinajstić information content (AvgIpc) is 2.75. The van der Waals surface area contributed by atoms with E-state index in [1.54, 1.807) is 0 Å². The molecule has 2 N–H and O–H groups in total. The predicted molar refractivity (Wildman–Crippen MR) is 48.3 cm³/mol. The van der Waals surface area contributed by atoms with Crippen LogP contribution in [0.25, 0.3) is 0 Å². The fraction of sp³-hybridized carbons (Fsp3) is 0.750. The lowest BCUT2D eigenvalue weighted by Gasteiger charge is -2.09. The minimum atomic E-state index is -0.177. The second kappa shape index (κ2) is 3.33. The summed E-state index contributed by atoms with van der Waals surface area (Å²) in [5, 5.41) is 3.88. The summed E-state index contributed by atoms with van der Waals surface area (Å²) in [4.78, 5) is 6.34. The van der Waals surface area contributed by atoms with E-state index in [1.165, 1.54) is 12.8 Å². The van der Waals surface area contributed by atoms with Crippen molar-refractivity contribution >= 4 is 5.95 Å². The molecule has 1 atom stereocenters. The lowest BCUT2D eigenvalue weighted by Crippen LogP contribution is -2.19. The summed E-state index contributed by atoms with van der Waals surface area (Å²) in [7, 11) is 0. The summed E-state index contributed by atoms with van der Waals surface area (Å²) in [6, 6.07) is -0.177. The number of rotatable bonds is 2. The summed E-state index contributed by atoms with van der Waals surface area (Å²) in [6.07, 6.45) is 2.42. The molecule has 5 heteroatoms. The van der Waals surface area contributed by atoms with Gasteiger partial charge in [-0.1, -0.05) is 0 Å². The van der Waals surface area contributed by atoms with Gasteiger partial charge in [0.05, 0.1) is 6.04 Å². The van der Waals surface area contributed by atoms with Gasteiger partial charge in [-0.2, -0.15) is 4.98 Å². The molecule has 2 rings (SSSR count). The zero-order valence-corrected chi connectivity index (χ0v) is 7.73. The topological polar surface area (TPSA) is 68.2 Å². The molecule has 13 heavy (non-hydrogen) atoms. The SMILES string of the molecule is CC(N)c1nc(N2CCCC2)no1. The van der Waals surface area contributed by atoms with Gasteiger partial charge in [0.15, 0.2) is 0 Å². The van der Waals surface area contributed by atoms with Gasteiger partial charge in [0.25, 0.3) is 5.95 Å². The predicted octanol–water partition coefficient (Wildman–Crippen LogP) is 0.690. The first-order chi connectivity index (χ1) is 6.27. The molecule has 1 unspecified atom stereocenters. The number of hydrogen-bond donors (Lipinski definition) is 1. The van der Waals surface area contributed by atoms with Gasteiger partial charge in [0.1, 0.15) is 0 Å². The Morgan fingerprint density at radius 3 is 2.69 bits per heavy atom. The third-order valence-electron chi connectivity index (χ3n) is 2.21. The fourth-order valence-corrected chi connectivity index (χ4v) is 1.46. The third-order valence-corrected chi connectivity index (χ3v) is 2.21. The van der Waals surface area contributed by atoms with E-state index in [4.69, 9.17) is 10.3 Å². The Hall–Kier alpha value is -1.10. The number of hydrogen-bond acceptors (Lipinski definition) is 5. The van der Waals surface area contributed by atoms with Crippen LogP contribution in [0.2, 0.25) is 0 Å². The molecule has 0 amide bonds. The van der Waals surface area contributed by atoms with Crippen molar-refractivity contribution in [3.05, 3.63) is 5.89 Å². The van der Waals surface area contributed by atoms with Crippen molar-refractivity contribution in [3.63, 3.8) is 0 Å². The molecule has 0 aromatic carbocycles. The van der Waals surface area contributed by atoms with Gasteiger partial charge in [0, 0.05) is 13.1 Å². The highest BCUT2D eigenvalue weighted by Crippen LogP contribution is 2.17. The Bertz CT molecular complexity index is 277. The quantitative estimate of drug-likeness (QED) is 0.728. The molecule has 0 aliphatic carbocycles. The van der Waals surface area contributed by atoms with E-state index in [1.807, 2.05) is 6.92 Å². The monoisotopic (exact) mass is 182 g/mol. The van der Waals surface area contributed by atoms with Crippen LogP contribution in [-0.2, 0) is 0 Å². The first-order valence-electron chi connectivity index (χ1n) is 4.61. The highest BCUT2D eigenvalue weighted by Gasteiger charge is 2.18. The molecule has 1 fully saturated rings. The van der Waals surface area contributed by atoms with Crippen molar-refractivity contribution in [2.45, 2.75) is 25.8 Å². The summed E-state index contributed by atoms with van der Waals surface area (Å²) in [6.45, 7) is 3.89. The summed E-state index contributed by atoms with van der Waals surface area (Å²) < 4.78 is 5.01. The minimum Gasteiger partial charge on any atom is -0.338 e. The number of nitrogens with zero attached hydrogens (tertiary/aromatic N) is 3. The van der Waals surface area contributed by atoms with E-state index in [9.17, 15) is 0 Å². The minimum absolute atomic E-state index is 0.177. The van der Waals surface area contributed by atoms with Crippen LogP contribution in [0.1, 0.15) is 31.7 Å². The Kier molecular flexibility index (Phi) is 2.18. The van der Waals surface area contributed by atoms with E-state index < -0.39 is 0 Å². The first-order valence-corrected chi connectivity index (χ1v) is 4.61. The van der Waals surface area contributed by atoms with Crippen LogP contribution in [0.4, 0.5) is 5.95 Å². The number of nitrogens with two attached hydrogens (primary N) is 1. The molecule has 1 saturated heterocycles. The molecular formula is C8H14N4O. The fourth-order valence-electron chi connectivity index (χ4n) is 1.46. The first kappa shape index (κ1) is 8.50. The van der Waals surface area contributed by atoms with Gasteiger partial charge in [0.2, 0.25) is 5.89 Å². The molecule has 1 aliphatic heterocycles. The Morgan fingerprint density at radius 2 is 2.15 bits per heavy atom. The summed E-state index contributed by atoms with van der Waals surface area (Å²) in [5.74, 6) is 1.20. The van der Waals surface area contributed by atoms with Gasteiger partial charge in [-0.15, -0.1) is 0 Å². The molecule has 72 valence electrons. The van der Waals surface area contributed by atoms with Crippen LogP contribution in [0.5, 0.6) is 0 Å². The second-order valence-electron chi connectivity index (χ2n) is 3.42. The maximum absolute atomic E-state index is 5.61. The van der Waals surface area contributed by atoms with E-state index in [0.717, 1.165) is 13.1 Å². The van der Waals surface area contributed by atoms with Crippen molar-refractivity contribution < 1.29 is 4.52 Å². The van der Waals surface area contributed by atoms with Crippen LogP contribution in [0.3, 0.4) is 0 Å². The molecule has 0 saturated carbocycles. The van der Waals surface area contributed by atoms with E-state index >= 15 is 0 Å². The van der Waals surface area contributed by atoms with Crippen molar-refractivity contribution in [2.75, 3.05) is 18.0 Å². The second-order valence-corrected chi connectivity index (χ2v) is 3.42. The zero-order valence-electron chi connectivity index (χ0n) is 7.73. The average molecular weight is 182 g/mol. The Morgan fingerprint density at radius 1 is 1.46 bits per heavy atom. The van der Waals surface area contributed by atoms with Crippen LogP contribution in [0, 0.1) is 0 Å². The standard InChI is InChI=1S/C8H14N4O/c1-6(9)7-10-8(11-13-7)12-4-2-3-5-12/h6H,2-5,9H2,1H3.